The Hall–Kier alpha value is -1.40. The predicted molar refractivity (Wildman–Crippen MR) is 76.9 cm³/mol. The minimum Gasteiger partial charge on any atom is -0.463 e. The zero-order valence-corrected chi connectivity index (χ0v) is 13.3. The number of hydrogen-bond acceptors (Lipinski definition) is 6. The molecule has 122 valence electrons. The highest BCUT2D eigenvalue weighted by atomic mass is 17.5. The summed E-state index contributed by atoms with van der Waals surface area (Å²) in [6.07, 6.45) is 6.44. The highest BCUT2D eigenvalue weighted by molar-refractivity contribution is 5.91. The zero-order valence-electron chi connectivity index (χ0n) is 13.3. The standard InChI is InChI=1S/C15H26O6/c1-5-7-8-12-18-13(16)9-10-14(17)19-21-20-15(3,4)11-6-2/h9-10H,5-8,11-12H2,1-4H3. The van der Waals surface area contributed by atoms with Crippen molar-refractivity contribution in [1.29, 1.82) is 0 Å². The van der Waals surface area contributed by atoms with Crippen LogP contribution in [0.25, 0.3) is 0 Å². The van der Waals surface area contributed by atoms with Crippen LogP contribution in [-0.4, -0.2) is 24.1 Å². The van der Waals surface area contributed by atoms with Crippen LogP contribution in [0.1, 0.15) is 59.8 Å². The van der Waals surface area contributed by atoms with Crippen LogP contribution < -0.4 is 0 Å². The fourth-order valence-electron chi connectivity index (χ4n) is 1.52. The van der Waals surface area contributed by atoms with Gasteiger partial charge in [-0.05, 0) is 31.7 Å². The van der Waals surface area contributed by atoms with E-state index in [1.165, 1.54) is 0 Å². The largest absolute Gasteiger partial charge is 0.463 e. The first kappa shape index (κ1) is 19.6. The van der Waals surface area contributed by atoms with Gasteiger partial charge in [0.25, 0.3) is 0 Å². The van der Waals surface area contributed by atoms with E-state index in [9.17, 15) is 9.59 Å². The highest BCUT2D eigenvalue weighted by Gasteiger charge is 2.19. The number of ether oxygens (including phenoxy) is 1. The van der Waals surface area contributed by atoms with Crippen LogP contribution in [0.2, 0.25) is 0 Å². The lowest BCUT2D eigenvalue weighted by molar-refractivity contribution is -0.515. The molecule has 6 heteroatoms. The molecule has 0 unspecified atom stereocenters. The minimum atomic E-state index is -0.840. The normalized spacial score (nSPS) is 11.6. The molecule has 0 spiro atoms. The summed E-state index contributed by atoms with van der Waals surface area (Å²) in [5.74, 6) is -1.43. The van der Waals surface area contributed by atoms with Gasteiger partial charge >= 0.3 is 11.9 Å². The average molecular weight is 302 g/mol. The molecule has 6 nitrogen and oxygen atoms in total. The third-order valence-electron chi connectivity index (χ3n) is 2.58. The Morgan fingerprint density at radius 1 is 1.00 bits per heavy atom. The molecule has 0 saturated carbocycles. The summed E-state index contributed by atoms with van der Waals surface area (Å²) >= 11 is 0. The molecule has 0 atom stereocenters. The van der Waals surface area contributed by atoms with Crippen LogP contribution in [0.4, 0.5) is 0 Å². The first-order valence-corrected chi connectivity index (χ1v) is 7.32. The molecule has 21 heavy (non-hydrogen) atoms. The second-order valence-corrected chi connectivity index (χ2v) is 5.27. The summed E-state index contributed by atoms with van der Waals surface area (Å²) in [5, 5.41) is 4.41. The molecular weight excluding hydrogens is 276 g/mol. The molecule has 0 aliphatic rings. The van der Waals surface area contributed by atoms with Crippen molar-refractivity contribution in [3.05, 3.63) is 12.2 Å². The Morgan fingerprint density at radius 2 is 1.67 bits per heavy atom. The quantitative estimate of drug-likeness (QED) is 0.192. The molecule has 0 radical (unpaired) electrons. The lowest BCUT2D eigenvalue weighted by atomic mass is 10.0. The maximum Gasteiger partial charge on any atom is 0.369 e. The Kier molecular flexibility index (Phi) is 10.5. The average Bonchev–Trinajstić information content (AvgIpc) is 2.41. The second-order valence-electron chi connectivity index (χ2n) is 5.27. The van der Waals surface area contributed by atoms with E-state index in [4.69, 9.17) is 9.62 Å². The van der Waals surface area contributed by atoms with Crippen molar-refractivity contribution in [3.8, 4) is 0 Å². The van der Waals surface area contributed by atoms with Gasteiger partial charge in [0.1, 0.15) is 5.60 Å². The van der Waals surface area contributed by atoms with E-state index in [0.717, 1.165) is 44.3 Å². The fourth-order valence-corrected chi connectivity index (χ4v) is 1.52. The van der Waals surface area contributed by atoms with E-state index >= 15 is 0 Å². The molecule has 0 saturated heterocycles. The van der Waals surface area contributed by atoms with Crippen molar-refractivity contribution in [2.45, 2.75) is 65.4 Å². The van der Waals surface area contributed by atoms with E-state index in [1.54, 1.807) is 0 Å². The van der Waals surface area contributed by atoms with Crippen LogP contribution in [0.5, 0.6) is 0 Å². The van der Waals surface area contributed by atoms with Gasteiger partial charge in [-0.15, -0.1) is 0 Å². The maximum atomic E-state index is 11.2. The smallest absolute Gasteiger partial charge is 0.369 e. The number of carbonyl (C=O) groups is 2. The third kappa shape index (κ3) is 12.1. The van der Waals surface area contributed by atoms with Crippen molar-refractivity contribution >= 4 is 11.9 Å². The topological polar surface area (TPSA) is 71.1 Å². The van der Waals surface area contributed by atoms with E-state index in [0.29, 0.717) is 6.61 Å². The predicted octanol–water partition coefficient (Wildman–Crippen LogP) is 3.26. The first-order chi connectivity index (χ1) is 9.91. The minimum absolute atomic E-state index is 0.344. The number of carbonyl (C=O) groups excluding carboxylic acids is 2. The van der Waals surface area contributed by atoms with Crippen LogP contribution in [0.15, 0.2) is 12.2 Å². The van der Waals surface area contributed by atoms with E-state index in [-0.39, 0.29) is 0 Å². The number of unbranched alkanes of at least 4 members (excludes halogenated alkanes) is 2. The van der Waals surface area contributed by atoms with Gasteiger partial charge in [-0.3, -0.25) is 4.89 Å². The fraction of sp³-hybridized carbons (Fsp3) is 0.733. The summed E-state index contributed by atoms with van der Waals surface area (Å²) in [7, 11) is 0. The maximum absolute atomic E-state index is 11.2. The monoisotopic (exact) mass is 302 g/mol. The van der Waals surface area contributed by atoms with Gasteiger partial charge in [0, 0.05) is 12.2 Å². The Bertz CT molecular complexity index is 335. The molecular formula is C15H26O6. The van der Waals surface area contributed by atoms with Gasteiger partial charge in [0.2, 0.25) is 0 Å². The molecule has 0 aliphatic heterocycles. The lowest BCUT2D eigenvalue weighted by Crippen LogP contribution is -2.24. The number of hydrogen-bond donors (Lipinski definition) is 0. The summed E-state index contributed by atoms with van der Waals surface area (Å²) in [6.45, 7) is 8.03. The van der Waals surface area contributed by atoms with Crippen molar-refractivity contribution in [2.24, 2.45) is 0 Å². The Balaban J connectivity index is 3.82. The zero-order chi connectivity index (χ0) is 16.1. The van der Waals surface area contributed by atoms with Gasteiger partial charge in [-0.1, -0.05) is 33.1 Å². The molecule has 0 aromatic carbocycles. The van der Waals surface area contributed by atoms with Crippen molar-refractivity contribution in [2.75, 3.05) is 6.61 Å². The molecule has 0 amide bonds. The van der Waals surface area contributed by atoms with Gasteiger partial charge in [-0.25, -0.2) is 9.59 Å². The van der Waals surface area contributed by atoms with Gasteiger partial charge < -0.3 is 4.74 Å². The molecule has 0 aromatic rings. The molecule has 0 bridgehead atoms. The van der Waals surface area contributed by atoms with Crippen molar-refractivity contribution in [1.82, 2.24) is 0 Å². The molecule has 0 rings (SSSR count). The molecule has 0 fully saturated rings. The van der Waals surface area contributed by atoms with Crippen molar-refractivity contribution < 1.29 is 29.1 Å². The number of esters is 1. The molecule has 0 N–H and O–H groups in total. The molecule has 0 heterocycles. The first-order valence-electron chi connectivity index (χ1n) is 7.32. The van der Waals surface area contributed by atoms with E-state index in [2.05, 4.69) is 16.8 Å². The van der Waals surface area contributed by atoms with E-state index in [1.807, 2.05) is 20.8 Å². The lowest BCUT2D eigenvalue weighted by Gasteiger charge is -2.20. The molecule has 0 aliphatic carbocycles. The van der Waals surface area contributed by atoms with Crippen LogP contribution in [0.3, 0.4) is 0 Å². The summed E-state index contributed by atoms with van der Waals surface area (Å²) in [6, 6.07) is 0. The highest BCUT2D eigenvalue weighted by Crippen LogP contribution is 2.16. The van der Waals surface area contributed by atoms with Crippen molar-refractivity contribution in [3.63, 3.8) is 0 Å². The second kappa shape index (κ2) is 11.3. The third-order valence-corrected chi connectivity index (χ3v) is 2.58. The Morgan fingerprint density at radius 3 is 2.29 bits per heavy atom. The van der Waals surface area contributed by atoms with Crippen LogP contribution in [-0.2, 0) is 29.1 Å². The van der Waals surface area contributed by atoms with Gasteiger partial charge in [0.15, 0.2) is 0 Å². The summed E-state index contributed by atoms with van der Waals surface area (Å²) < 4.78 is 4.88. The van der Waals surface area contributed by atoms with E-state index < -0.39 is 17.5 Å². The summed E-state index contributed by atoms with van der Waals surface area (Å²) in [4.78, 5) is 31.8. The number of rotatable bonds is 11. The Labute approximate surface area is 126 Å². The summed E-state index contributed by atoms with van der Waals surface area (Å²) in [5.41, 5.74) is -0.545. The van der Waals surface area contributed by atoms with Crippen LogP contribution in [0, 0.1) is 0 Å². The SMILES string of the molecule is CCCCCOC(=O)C=CC(=O)OOOC(C)(C)CCC. The van der Waals surface area contributed by atoms with Gasteiger partial charge in [-0.2, -0.15) is 4.89 Å². The van der Waals surface area contributed by atoms with Crippen LogP contribution >= 0.6 is 0 Å². The molecule has 0 aromatic heterocycles. The van der Waals surface area contributed by atoms with Gasteiger partial charge in [0.05, 0.1) is 6.61 Å².